The second-order valence-corrected chi connectivity index (χ2v) is 3.41. The first kappa shape index (κ1) is 12.0. The molecular weight excluding hydrogens is 205 g/mol. The molecule has 0 bridgehead atoms. The highest BCUT2D eigenvalue weighted by molar-refractivity contribution is 5.29. The molecular formula is C11H13F3O. The van der Waals surface area contributed by atoms with Crippen molar-refractivity contribution in [2.24, 2.45) is 0 Å². The Morgan fingerprint density at radius 1 is 1.27 bits per heavy atom. The van der Waals surface area contributed by atoms with Crippen molar-refractivity contribution in [3.8, 4) is 0 Å². The van der Waals surface area contributed by atoms with Gasteiger partial charge in [0.2, 0.25) is 0 Å². The maximum atomic E-state index is 12.2. The molecule has 0 radical (unpaired) electrons. The van der Waals surface area contributed by atoms with Crippen LogP contribution in [0, 0.1) is 0 Å². The summed E-state index contributed by atoms with van der Waals surface area (Å²) in [6.07, 6.45) is -5.62. The maximum absolute atomic E-state index is 12.2. The molecule has 0 aliphatic rings. The molecule has 1 rings (SSSR count). The smallest absolute Gasteiger partial charge is 0.388 e. The van der Waals surface area contributed by atoms with Crippen LogP contribution in [0.15, 0.2) is 24.3 Å². The summed E-state index contributed by atoms with van der Waals surface area (Å²) in [5.41, 5.74) is 0.525. The third-order valence-corrected chi connectivity index (χ3v) is 2.19. The Balaban J connectivity index is 2.96. The Hall–Kier alpha value is -1.03. The lowest BCUT2D eigenvalue weighted by molar-refractivity contribution is -0.127. The lowest BCUT2D eigenvalue weighted by atomic mass is 9.98. The minimum absolute atomic E-state index is 0.152. The molecule has 0 fully saturated rings. The van der Waals surface area contributed by atoms with Crippen molar-refractivity contribution < 1.29 is 18.3 Å². The summed E-state index contributed by atoms with van der Waals surface area (Å²) < 4.78 is 36.6. The van der Waals surface area contributed by atoms with E-state index in [-0.39, 0.29) is 5.56 Å². The number of aliphatic hydroxyl groups excluding tert-OH is 1. The van der Waals surface area contributed by atoms with E-state index in [1.807, 2.05) is 0 Å². The molecule has 1 unspecified atom stereocenters. The summed E-state index contributed by atoms with van der Waals surface area (Å²) in [5.74, 6) is 0. The molecule has 0 aliphatic carbocycles. The molecule has 84 valence electrons. The van der Waals surface area contributed by atoms with Crippen LogP contribution in [-0.2, 0) is 6.42 Å². The summed E-state index contributed by atoms with van der Waals surface area (Å²) in [6, 6.07) is 6.12. The van der Waals surface area contributed by atoms with Crippen LogP contribution < -0.4 is 0 Å². The van der Waals surface area contributed by atoms with Crippen LogP contribution in [0.4, 0.5) is 13.2 Å². The van der Waals surface area contributed by atoms with Crippen molar-refractivity contribution in [1.29, 1.82) is 0 Å². The topological polar surface area (TPSA) is 20.2 Å². The van der Waals surface area contributed by atoms with Gasteiger partial charge in [-0.25, -0.2) is 0 Å². The van der Waals surface area contributed by atoms with Crippen molar-refractivity contribution in [1.82, 2.24) is 0 Å². The molecule has 1 nitrogen and oxygen atoms in total. The van der Waals surface area contributed by atoms with Gasteiger partial charge in [0.15, 0.2) is 0 Å². The first-order valence-electron chi connectivity index (χ1n) is 4.76. The van der Waals surface area contributed by atoms with Crippen molar-refractivity contribution in [3.63, 3.8) is 0 Å². The average Bonchev–Trinajstić information content (AvgIpc) is 2.15. The lowest BCUT2D eigenvalue weighted by Crippen LogP contribution is -2.14. The summed E-state index contributed by atoms with van der Waals surface area (Å²) in [5, 5.41) is 9.54. The zero-order valence-corrected chi connectivity index (χ0v) is 8.38. The van der Waals surface area contributed by atoms with Crippen molar-refractivity contribution in [2.45, 2.75) is 32.0 Å². The molecule has 0 saturated carbocycles. The Labute approximate surface area is 86.5 Å². The minimum Gasteiger partial charge on any atom is -0.388 e. The molecule has 0 aliphatic heterocycles. The Morgan fingerprint density at radius 3 is 2.40 bits per heavy atom. The molecule has 1 N–H and O–H groups in total. The Kier molecular flexibility index (Phi) is 3.74. The van der Waals surface area contributed by atoms with E-state index in [4.69, 9.17) is 0 Å². The monoisotopic (exact) mass is 218 g/mol. The number of hydrogen-bond donors (Lipinski definition) is 1. The number of aliphatic hydroxyl groups is 1. The van der Waals surface area contributed by atoms with E-state index in [0.717, 1.165) is 0 Å². The first-order chi connectivity index (χ1) is 6.94. The molecule has 1 aromatic carbocycles. The molecule has 0 saturated heterocycles. The SMILES string of the molecule is CCC(O)c1ccccc1CC(F)(F)F. The summed E-state index contributed by atoms with van der Waals surface area (Å²) in [6.45, 7) is 1.73. The fourth-order valence-corrected chi connectivity index (χ4v) is 1.46. The molecule has 0 spiro atoms. The first-order valence-corrected chi connectivity index (χ1v) is 4.76. The standard InChI is InChI=1S/C11H13F3O/c1-2-10(15)9-6-4-3-5-8(9)7-11(12,13)14/h3-6,10,15H,2,7H2,1H3. The van der Waals surface area contributed by atoms with Crippen LogP contribution in [-0.4, -0.2) is 11.3 Å². The average molecular weight is 218 g/mol. The number of halogens is 3. The van der Waals surface area contributed by atoms with Crippen molar-refractivity contribution in [3.05, 3.63) is 35.4 Å². The van der Waals surface area contributed by atoms with Gasteiger partial charge >= 0.3 is 6.18 Å². The van der Waals surface area contributed by atoms with Gasteiger partial charge in [-0.15, -0.1) is 0 Å². The normalized spacial score (nSPS) is 13.9. The van der Waals surface area contributed by atoms with Gasteiger partial charge in [0.25, 0.3) is 0 Å². The lowest BCUT2D eigenvalue weighted by Gasteiger charge is -2.15. The van der Waals surface area contributed by atoms with Crippen molar-refractivity contribution >= 4 is 0 Å². The number of benzene rings is 1. The molecule has 0 amide bonds. The predicted molar refractivity (Wildman–Crippen MR) is 51.5 cm³/mol. The van der Waals surface area contributed by atoms with Crippen LogP contribution in [0.1, 0.15) is 30.6 Å². The molecule has 15 heavy (non-hydrogen) atoms. The van der Waals surface area contributed by atoms with Gasteiger partial charge in [-0.3, -0.25) is 0 Å². The van der Waals surface area contributed by atoms with Crippen LogP contribution in [0.5, 0.6) is 0 Å². The van der Waals surface area contributed by atoms with E-state index >= 15 is 0 Å². The van der Waals surface area contributed by atoms with E-state index in [1.54, 1.807) is 19.1 Å². The molecule has 0 aromatic heterocycles. The zero-order valence-electron chi connectivity index (χ0n) is 8.38. The van der Waals surface area contributed by atoms with Crippen LogP contribution in [0.3, 0.4) is 0 Å². The predicted octanol–water partition coefficient (Wildman–Crippen LogP) is 3.23. The summed E-state index contributed by atoms with van der Waals surface area (Å²) >= 11 is 0. The summed E-state index contributed by atoms with van der Waals surface area (Å²) in [4.78, 5) is 0. The van der Waals surface area contributed by atoms with Gasteiger partial charge in [-0.2, -0.15) is 13.2 Å². The Bertz CT molecular complexity index is 320. The van der Waals surface area contributed by atoms with Gasteiger partial charge < -0.3 is 5.11 Å². The molecule has 1 aromatic rings. The van der Waals surface area contributed by atoms with Gasteiger partial charge in [-0.05, 0) is 17.5 Å². The molecule has 4 heteroatoms. The van der Waals surface area contributed by atoms with Crippen LogP contribution >= 0.6 is 0 Å². The van der Waals surface area contributed by atoms with E-state index in [0.29, 0.717) is 12.0 Å². The van der Waals surface area contributed by atoms with Gasteiger partial charge in [0, 0.05) is 0 Å². The highest BCUT2D eigenvalue weighted by Crippen LogP contribution is 2.27. The van der Waals surface area contributed by atoms with Crippen molar-refractivity contribution in [2.75, 3.05) is 0 Å². The quantitative estimate of drug-likeness (QED) is 0.825. The van der Waals surface area contributed by atoms with E-state index in [1.165, 1.54) is 12.1 Å². The van der Waals surface area contributed by atoms with E-state index in [2.05, 4.69) is 0 Å². The van der Waals surface area contributed by atoms with E-state index < -0.39 is 18.7 Å². The molecule has 1 atom stereocenters. The molecule has 0 heterocycles. The largest absolute Gasteiger partial charge is 0.393 e. The second-order valence-electron chi connectivity index (χ2n) is 3.41. The highest BCUT2D eigenvalue weighted by Gasteiger charge is 2.29. The zero-order chi connectivity index (χ0) is 11.5. The number of rotatable bonds is 3. The third-order valence-electron chi connectivity index (χ3n) is 2.19. The van der Waals surface area contributed by atoms with Gasteiger partial charge in [0.05, 0.1) is 12.5 Å². The van der Waals surface area contributed by atoms with E-state index in [9.17, 15) is 18.3 Å². The number of hydrogen-bond acceptors (Lipinski definition) is 1. The minimum atomic E-state index is -4.23. The van der Waals surface area contributed by atoms with Crippen LogP contribution in [0.25, 0.3) is 0 Å². The van der Waals surface area contributed by atoms with Gasteiger partial charge in [0.1, 0.15) is 0 Å². The van der Waals surface area contributed by atoms with Crippen LogP contribution in [0.2, 0.25) is 0 Å². The maximum Gasteiger partial charge on any atom is 0.393 e. The number of alkyl halides is 3. The third kappa shape index (κ3) is 3.55. The second kappa shape index (κ2) is 4.66. The van der Waals surface area contributed by atoms with Gasteiger partial charge in [-0.1, -0.05) is 31.2 Å². The fourth-order valence-electron chi connectivity index (χ4n) is 1.46. The fraction of sp³-hybridized carbons (Fsp3) is 0.455. The Morgan fingerprint density at radius 2 is 1.87 bits per heavy atom. The summed E-state index contributed by atoms with van der Waals surface area (Å²) in [7, 11) is 0. The highest BCUT2D eigenvalue weighted by atomic mass is 19.4.